The molecule has 0 fully saturated rings. The predicted molar refractivity (Wildman–Crippen MR) is 46.5 cm³/mol. The Balaban J connectivity index is 2.42. The molecule has 0 saturated carbocycles. The number of likely N-dealkylation sites (N-methyl/N-ethyl adjacent to an activating group) is 1. The lowest BCUT2D eigenvalue weighted by Crippen LogP contribution is -2.28. The minimum absolute atomic E-state index is 0.166. The Morgan fingerprint density at radius 2 is 2.54 bits per heavy atom. The highest BCUT2D eigenvalue weighted by molar-refractivity contribution is 5.87. The molecule has 0 spiro atoms. The van der Waals surface area contributed by atoms with E-state index in [4.69, 9.17) is 9.84 Å². The molecule has 2 N–H and O–H groups in total. The first kappa shape index (κ1) is 7.97. The fourth-order valence-electron chi connectivity index (χ4n) is 1.34. The fourth-order valence-corrected chi connectivity index (χ4v) is 1.34. The SMILES string of the molecule is CN1CCOc2cc(C(=O)O)[nH]c21. The van der Waals surface area contributed by atoms with Crippen molar-refractivity contribution in [2.75, 3.05) is 25.1 Å². The summed E-state index contributed by atoms with van der Waals surface area (Å²) in [4.78, 5) is 15.3. The third kappa shape index (κ3) is 1.22. The van der Waals surface area contributed by atoms with Gasteiger partial charge >= 0.3 is 5.97 Å². The van der Waals surface area contributed by atoms with Gasteiger partial charge in [0, 0.05) is 13.1 Å². The summed E-state index contributed by atoms with van der Waals surface area (Å²) in [5, 5.41) is 8.71. The number of carbonyl (C=O) groups is 1. The molecule has 70 valence electrons. The van der Waals surface area contributed by atoms with Crippen molar-refractivity contribution in [1.29, 1.82) is 0 Å². The number of H-pyrrole nitrogens is 1. The zero-order chi connectivity index (χ0) is 9.42. The molecular formula is C8H10N2O3. The van der Waals surface area contributed by atoms with Gasteiger partial charge in [-0.3, -0.25) is 0 Å². The van der Waals surface area contributed by atoms with Crippen molar-refractivity contribution in [3.05, 3.63) is 11.8 Å². The molecule has 0 unspecified atom stereocenters. The van der Waals surface area contributed by atoms with Gasteiger partial charge in [-0.2, -0.15) is 0 Å². The zero-order valence-corrected chi connectivity index (χ0v) is 7.20. The molecule has 0 aliphatic carbocycles. The van der Waals surface area contributed by atoms with Crippen LogP contribution in [0.3, 0.4) is 0 Å². The summed E-state index contributed by atoms with van der Waals surface area (Å²) in [6.07, 6.45) is 0. The third-order valence-electron chi connectivity index (χ3n) is 2.06. The molecule has 1 aromatic rings. The summed E-state index contributed by atoms with van der Waals surface area (Å²) in [5.74, 6) is 0.390. The summed E-state index contributed by atoms with van der Waals surface area (Å²) in [6.45, 7) is 1.37. The van der Waals surface area contributed by atoms with Gasteiger partial charge in [0.25, 0.3) is 0 Å². The Hall–Kier alpha value is -1.65. The molecule has 0 saturated heterocycles. The normalized spacial score (nSPS) is 15.0. The van der Waals surface area contributed by atoms with E-state index in [9.17, 15) is 4.79 Å². The number of carboxylic acids is 1. The highest BCUT2D eigenvalue weighted by atomic mass is 16.5. The van der Waals surface area contributed by atoms with E-state index < -0.39 is 5.97 Å². The number of aromatic carboxylic acids is 1. The van der Waals surface area contributed by atoms with Gasteiger partial charge in [0.1, 0.15) is 18.1 Å². The summed E-state index contributed by atoms with van der Waals surface area (Å²) < 4.78 is 5.29. The molecule has 0 radical (unpaired) electrons. The number of nitrogens with zero attached hydrogens (tertiary/aromatic N) is 1. The Morgan fingerprint density at radius 1 is 1.77 bits per heavy atom. The van der Waals surface area contributed by atoms with Crippen LogP contribution in [0, 0.1) is 0 Å². The van der Waals surface area contributed by atoms with Crippen molar-refractivity contribution in [1.82, 2.24) is 4.98 Å². The van der Waals surface area contributed by atoms with E-state index in [2.05, 4.69) is 4.98 Å². The van der Waals surface area contributed by atoms with E-state index in [-0.39, 0.29) is 5.69 Å². The molecule has 1 aromatic heterocycles. The van der Waals surface area contributed by atoms with Gasteiger partial charge in [-0.05, 0) is 0 Å². The molecule has 0 aromatic carbocycles. The highest BCUT2D eigenvalue weighted by Crippen LogP contribution is 2.30. The van der Waals surface area contributed by atoms with E-state index >= 15 is 0 Å². The summed E-state index contributed by atoms with van der Waals surface area (Å²) in [5.41, 5.74) is 0.166. The van der Waals surface area contributed by atoms with Crippen LogP contribution in [-0.2, 0) is 0 Å². The number of hydrogen-bond acceptors (Lipinski definition) is 3. The van der Waals surface area contributed by atoms with E-state index in [0.717, 1.165) is 12.4 Å². The molecule has 0 amide bonds. The highest BCUT2D eigenvalue weighted by Gasteiger charge is 2.20. The standard InChI is InChI=1S/C8H10N2O3/c1-10-2-3-13-6-4-5(8(11)12)9-7(6)10/h4,9H,2-3H2,1H3,(H,11,12). The summed E-state index contributed by atoms with van der Waals surface area (Å²) >= 11 is 0. The average molecular weight is 182 g/mol. The molecule has 5 heteroatoms. The van der Waals surface area contributed by atoms with Crippen molar-refractivity contribution in [3.8, 4) is 5.75 Å². The van der Waals surface area contributed by atoms with Gasteiger partial charge in [-0.15, -0.1) is 0 Å². The molecule has 0 atom stereocenters. The number of anilines is 1. The largest absolute Gasteiger partial charge is 0.488 e. The van der Waals surface area contributed by atoms with Gasteiger partial charge in [0.05, 0.1) is 6.54 Å². The maximum Gasteiger partial charge on any atom is 0.352 e. The molecule has 1 aliphatic heterocycles. The average Bonchev–Trinajstić information content (AvgIpc) is 2.49. The van der Waals surface area contributed by atoms with Crippen molar-refractivity contribution in [3.63, 3.8) is 0 Å². The van der Waals surface area contributed by atoms with E-state index in [1.54, 1.807) is 0 Å². The molecule has 2 rings (SSSR count). The van der Waals surface area contributed by atoms with E-state index in [1.807, 2.05) is 11.9 Å². The van der Waals surface area contributed by atoms with Crippen LogP contribution in [0.5, 0.6) is 5.75 Å². The number of fused-ring (bicyclic) bond motifs is 1. The Bertz CT molecular complexity index is 345. The maximum absolute atomic E-state index is 10.6. The van der Waals surface area contributed by atoms with Crippen LogP contribution in [0.2, 0.25) is 0 Å². The number of nitrogens with one attached hydrogen (secondary N) is 1. The fraction of sp³-hybridized carbons (Fsp3) is 0.375. The zero-order valence-electron chi connectivity index (χ0n) is 7.20. The van der Waals surface area contributed by atoms with Crippen LogP contribution in [0.15, 0.2) is 6.07 Å². The number of ether oxygens (including phenoxy) is 1. The Labute approximate surface area is 74.9 Å². The third-order valence-corrected chi connectivity index (χ3v) is 2.06. The molecule has 5 nitrogen and oxygen atoms in total. The van der Waals surface area contributed by atoms with Gasteiger partial charge in [-0.25, -0.2) is 4.79 Å². The van der Waals surface area contributed by atoms with Crippen molar-refractivity contribution >= 4 is 11.8 Å². The Kier molecular flexibility index (Phi) is 1.65. The molecule has 2 heterocycles. The maximum atomic E-state index is 10.6. The lowest BCUT2D eigenvalue weighted by atomic mass is 10.4. The molecular weight excluding hydrogens is 172 g/mol. The molecule has 1 aliphatic rings. The van der Waals surface area contributed by atoms with Crippen molar-refractivity contribution < 1.29 is 14.6 Å². The van der Waals surface area contributed by atoms with E-state index in [1.165, 1.54) is 6.07 Å². The van der Waals surface area contributed by atoms with Crippen molar-refractivity contribution in [2.24, 2.45) is 0 Å². The Morgan fingerprint density at radius 3 is 3.15 bits per heavy atom. The van der Waals surface area contributed by atoms with Gasteiger partial charge in [0.15, 0.2) is 5.75 Å². The monoisotopic (exact) mass is 182 g/mol. The minimum atomic E-state index is -0.966. The first-order chi connectivity index (χ1) is 6.18. The van der Waals surface area contributed by atoms with Gasteiger partial charge < -0.3 is 19.7 Å². The number of aromatic amines is 1. The first-order valence-electron chi connectivity index (χ1n) is 3.98. The topological polar surface area (TPSA) is 65.6 Å². The lowest BCUT2D eigenvalue weighted by molar-refractivity contribution is 0.0691. The van der Waals surface area contributed by atoms with Crippen LogP contribution in [-0.4, -0.2) is 36.3 Å². The van der Waals surface area contributed by atoms with E-state index in [0.29, 0.717) is 12.4 Å². The number of aromatic nitrogens is 1. The second-order valence-electron chi connectivity index (χ2n) is 2.97. The second-order valence-corrected chi connectivity index (χ2v) is 2.97. The number of hydrogen-bond donors (Lipinski definition) is 2. The van der Waals surface area contributed by atoms with Gasteiger partial charge in [0.2, 0.25) is 0 Å². The predicted octanol–water partition coefficient (Wildman–Crippen LogP) is 0.541. The molecule has 0 bridgehead atoms. The minimum Gasteiger partial charge on any atom is -0.488 e. The number of rotatable bonds is 1. The first-order valence-corrected chi connectivity index (χ1v) is 3.98. The second kappa shape index (κ2) is 2.69. The van der Waals surface area contributed by atoms with Crippen LogP contribution in [0.4, 0.5) is 5.82 Å². The summed E-state index contributed by atoms with van der Waals surface area (Å²) in [6, 6.07) is 1.51. The number of carboxylic acid groups (broad SMARTS) is 1. The van der Waals surface area contributed by atoms with Crippen LogP contribution in [0.1, 0.15) is 10.5 Å². The smallest absolute Gasteiger partial charge is 0.352 e. The van der Waals surface area contributed by atoms with Crippen LogP contribution < -0.4 is 9.64 Å². The summed E-state index contributed by atoms with van der Waals surface area (Å²) in [7, 11) is 1.89. The quantitative estimate of drug-likeness (QED) is 0.665. The molecule has 13 heavy (non-hydrogen) atoms. The van der Waals surface area contributed by atoms with Crippen molar-refractivity contribution in [2.45, 2.75) is 0 Å². The van der Waals surface area contributed by atoms with Crippen LogP contribution >= 0.6 is 0 Å². The lowest BCUT2D eigenvalue weighted by Gasteiger charge is -2.24. The van der Waals surface area contributed by atoms with Crippen LogP contribution in [0.25, 0.3) is 0 Å². The van der Waals surface area contributed by atoms with Gasteiger partial charge in [-0.1, -0.05) is 0 Å².